The second-order valence-electron chi connectivity index (χ2n) is 3.50. The van der Waals surface area contributed by atoms with Crippen LogP contribution in [-0.2, 0) is 9.59 Å². The summed E-state index contributed by atoms with van der Waals surface area (Å²) in [4.78, 5) is 22.4. The van der Waals surface area contributed by atoms with Crippen molar-refractivity contribution in [2.24, 2.45) is 0 Å². The molecule has 0 aliphatic rings. The van der Waals surface area contributed by atoms with Gasteiger partial charge >= 0.3 is 0 Å². The Kier molecular flexibility index (Phi) is 4.45. The van der Waals surface area contributed by atoms with Crippen LogP contribution in [0.4, 0.5) is 0 Å². The second-order valence-corrected chi connectivity index (χ2v) is 3.50. The SMILES string of the molecule is CCCC(=O)NC(C)(C)C(=O)NC. The molecule has 4 heteroatoms. The molecule has 0 rings (SSSR count). The van der Waals surface area contributed by atoms with Gasteiger partial charge in [-0.1, -0.05) is 6.92 Å². The van der Waals surface area contributed by atoms with Crippen molar-refractivity contribution >= 4 is 11.8 Å². The zero-order valence-corrected chi connectivity index (χ0v) is 8.73. The largest absolute Gasteiger partial charge is 0.357 e. The molecule has 13 heavy (non-hydrogen) atoms. The lowest BCUT2D eigenvalue weighted by Gasteiger charge is -2.23. The smallest absolute Gasteiger partial charge is 0.244 e. The minimum absolute atomic E-state index is 0.0869. The molecule has 4 nitrogen and oxygen atoms in total. The van der Waals surface area contributed by atoms with Crippen molar-refractivity contribution in [1.29, 1.82) is 0 Å². The van der Waals surface area contributed by atoms with Crippen LogP contribution in [0.2, 0.25) is 0 Å². The van der Waals surface area contributed by atoms with Gasteiger partial charge < -0.3 is 10.6 Å². The molecule has 0 bridgehead atoms. The zero-order chi connectivity index (χ0) is 10.5. The fourth-order valence-corrected chi connectivity index (χ4v) is 1.01. The summed E-state index contributed by atoms with van der Waals surface area (Å²) in [6.45, 7) is 5.28. The van der Waals surface area contributed by atoms with Crippen LogP contribution in [-0.4, -0.2) is 24.4 Å². The van der Waals surface area contributed by atoms with E-state index in [0.29, 0.717) is 6.42 Å². The Balaban J connectivity index is 4.16. The molecule has 0 radical (unpaired) electrons. The molecule has 0 aromatic rings. The quantitative estimate of drug-likeness (QED) is 0.668. The molecule has 0 heterocycles. The summed E-state index contributed by atoms with van der Waals surface area (Å²) in [5.41, 5.74) is -0.818. The van der Waals surface area contributed by atoms with Gasteiger partial charge in [0.25, 0.3) is 0 Å². The molecule has 76 valence electrons. The average Bonchev–Trinajstić information content (AvgIpc) is 2.02. The average molecular weight is 186 g/mol. The number of amides is 2. The number of nitrogens with one attached hydrogen (secondary N) is 2. The summed E-state index contributed by atoms with van der Waals surface area (Å²) >= 11 is 0. The lowest BCUT2D eigenvalue weighted by molar-refractivity contribution is -0.132. The lowest BCUT2D eigenvalue weighted by atomic mass is 10.0. The first kappa shape index (κ1) is 11.9. The number of carbonyl (C=O) groups excluding carboxylic acids is 2. The zero-order valence-electron chi connectivity index (χ0n) is 8.73. The summed E-state index contributed by atoms with van der Waals surface area (Å²) in [6, 6.07) is 0. The molecule has 0 spiro atoms. The Morgan fingerprint density at radius 2 is 1.85 bits per heavy atom. The predicted octanol–water partition coefficient (Wildman–Crippen LogP) is 0.427. The first-order valence-electron chi connectivity index (χ1n) is 4.47. The van der Waals surface area contributed by atoms with Crippen molar-refractivity contribution in [1.82, 2.24) is 10.6 Å². The van der Waals surface area contributed by atoms with Gasteiger partial charge in [0.05, 0.1) is 0 Å². The molecular formula is C9H18N2O2. The Hall–Kier alpha value is -1.06. The number of hydrogen-bond acceptors (Lipinski definition) is 2. The molecule has 0 aromatic heterocycles. The maximum atomic E-state index is 11.2. The van der Waals surface area contributed by atoms with Gasteiger partial charge in [-0.2, -0.15) is 0 Å². The van der Waals surface area contributed by atoms with Gasteiger partial charge in [-0.05, 0) is 20.3 Å². The van der Waals surface area contributed by atoms with Crippen LogP contribution in [0.5, 0.6) is 0 Å². The third-order valence-corrected chi connectivity index (χ3v) is 1.72. The minimum atomic E-state index is -0.818. The van der Waals surface area contributed by atoms with Crippen LogP contribution in [0.15, 0.2) is 0 Å². The Bertz CT molecular complexity index is 200. The monoisotopic (exact) mass is 186 g/mol. The molecule has 0 saturated carbocycles. The number of carbonyl (C=O) groups is 2. The topological polar surface area (TPSA) is 58.2 Å². The van der Waals surface area contributed by atoms with E-state index in [0.717, 1.165) is 6.42 Å². The highest BCUT2D eigenvalue weighted by atomic mass is 16.2. The van der Waals surface area contributed by atoms with Crippen LogP contribution >= 0.6 is 0 Å². The van der Waals surface area contributed by atoms with Gasteiger partial charge in [0.15, 0.2) is 0 Å². The summed E-state index contributed by atoms with van der Waals surface area (Å²) in [6.07, 6.45) is 1.25. The molecule has 0 unspecified atom stereocenters. The minimum Gasteiger partial charge on any atom is -0.357 e. The predicted molar refractivity (Wildman–Crippen MR) is 51.2 cm³/mol. The van der Waals surface area contributed by atoms with Crippen molar-refractivity contribution < 1.29 is 9.59 Å². The van der Waals surface area contributed by atoms with Gasteiger partial charge in [-0.15, -0.1) is 0 Å². The van der Waals surface area contributed by atoms with E-state index >= 15 is 0 Å². The first-order valence-corrected chi connectivity index (χ1v) is 4.47. The molecule has 2 amide bonds. The normalized spacial score (nSPS) is 10.8. The van der Waals surface area contributed by atoms with E-state index in [1.54, 1.807) is 20.9 Å². The van der Waals surface area contributed by atoms with E-state index in [-0.39, 0.29) is 11.8 Å². The van der Waals surface area contributed by atoms with Crippen LogP contribution < -0.4 is 10.6 Å². The van der Waals surface area contributed by atoms with Gasteiger partial charge in [-0.3, -0.25) is 9.59 Å². The number of likely N-dealkylation sites (N-methyl/N-ethyl adjacent to an activating group) is 1. The Morgan fingerprint density at radius 1 is 1.31 bits per heavy atom. The Morgan fingerprint density at radius 3 is 2.23 bits per heavy atom. The van der Waals surface area contributed by atoms with E-state index < -0.39 is 5.54 Å². The summed E-state index contributed by atoms with van der Waals surface area (Å²) in [7, 11) is 1.55. The molecular weight excluding hydrogens is 168 g/mol. The maximum absolute atomic E-state index is 11.2. The van der Waals surface area contributed by atoms with Gasteiger partial charge in [0.1, 0.15) is 5.54 Å². The Labute approximate surface area is 79.1 Å². The molecule has 0 atom stereocenters. The molecule has 0 aliphatic carbocycles. The molecule has 0 saturated heterocycles. The molecule has 0 fully saturated rings. The fourth-order valence-electron chi connectivity index (χ4n) is 1.01. The fraction of sp³-hybridized carbons (Fsp3) is 0.778. The molecule has 0 aromatic carbocycles. The highest BCUT2D eigenvalue weighted by Crippen LogP contribution is 2.02. The van der Waals surface area contributed by atoms with E-state index in [4.69, 9.17) is 0 Å². The first-order chi connectivity index (χ1) is 5.94. The summed E-state index contributed by atoms with van der Waals surface area (Å²) in [5, 5.41) is 5.16. The summed E-state index contributed by atoms with van der Waals surface area (Å²) < 4.78 is 0. The van der Waals surface area contributed by atoms with E-state index in [1.807, 2.05) is 6.92 Å². The van der Waals surface area contributed by atoms with Gasteiger partial charge in [-0.25, -0.2) is 0 Å². The highest BCUT2D eigenvalue weighted by Gasteiger charge is 2.27. The third-order valence-electron chi connectivity index (χ3n) is 1.72. The summed E-state index contributed by atoms with van der Waals surface area (Å²) in [5.74, 6) is -0.270. The third kappa shape index (κ3) is 3.92. The van der Waals surface area contributed by atoms with Gasteiger partial charge in [0.2, 0.25) is 11.8 Å². The van der Waals surface area contributed by atoms with Crippen LogP contribution in [0.25, 0.3) is 0 Å². The standard InChI is InChI=1S/C9H18N2O2/c1-5-6-7(12)11-9(2,3)8(13)10-4/h5-6H2,1-4H3,(H,10,13)(H,11,12). The number of hydrogen-bond donors (Lipinski definition) is 2. The molecule has 0 aliphatic heterocycles. The van der Waals surface area contributed by atoms with Gasteiger partial charge in [0, 0.05) is 13.5 Å². The van der Waals surface area contributed by atoms with Crippen molar-refractivity contribution in [3.8, 4) is 0 Å². The number of rotatable bonds is 4. The van der Waals surface area contributed by atoms with Crippen molar-refractivity contribution in [2.75, 3.05) is 7.05 Å². The van der Waals surface area contributed by atoms with Crippen LogP contribution in [0.1, 0.15) is 33.6 Å². The van der Waals surface area contributed by atoms with Crippen molar-refractivity contribution in [3.63, 3.8) is 0 Å². The lowest BCUT2D eigenvalue weighted by Crippen LogP contribution is -2.53. The molecule has 2 N–H and O–H groups in total. The van der Waals surface area contributed by atoms with E-state index in [2.05, 4.69) is 10.6 Å². The second kappa shape index (κ2) is 4.84. The van der Waals surface area contributed by atoms with Crippen molar-refractivity contribution in [2.45, 2.75) is 39.2 Å². The van der Waals surface area contributed by atoms with E-state index in [1.165, 1.54) is 0 Å². The van der Waals surface area contributed by atoms with Crippen LogP contribution in [0.3, 0.4) is 0 Å². The van der Waals surface area contributed by atoms with Crippen molar-refractivity contribution in [3.05, 3.63) is 0 Å². The van der Waals surface area contributed by atoms with Crippen LogP contribution in [0, 0.1) is 0 Å². The van der Waals surface area contributed by atoms with E-state index in [9.17, 15) is 9.59 Å². The highest BCUT2D eigenvalue weighted by molar-refractivity contribution is 5.90. The maximum Gasteiger partial charge on any atom is 0.244 e.